The summed E-state index contributed by atoms with van der Waals surface area (Å²) in [5, 5.41) is 2.98. The van der Waals surface area contributed by atoms with Crippen molar-refractivity contribution in [3.8, 4) is 0 Å². The van der Waals surface area contributed by atoms with Gasteiger partial charge in [0.05, 0.1) is 5.75 Å². The molecular formula is C11H16FNO2S. The minimum Gasteiger partial charge on any atom is -0.316 e. The highest BCUT2D eigenvalue weighted by molar-refractivity contribution is 7.91. The lowest BCUT2D eigenvalue weighted by Gasteiger charge is -2.06. The van der Waals surface area contributed by atoms with E-state index in [1.165, 1.54) is 18.2 Å². The molecule has 0 bridgehead atoms. The van der Waals surface area contributed by atoms with Crippen LogP contribution in [0.25, 0.3) is 0 Å². The van der Waals surface area contributed by atoms with Crippen LogP contribution in [0.2, 0.25) is 0 Å². The molecule has 0 fully saturated rings. The van der Waals surface area contributed by atoms with E-state index in [2.05, 4.69) is 5.32 Å². The van der Waals surface area contributed by atoms with Crippen LogP contribution in [0.5, 0.6) is 0 Å². The Bertz CT molecular complexity index is 431. The third-order valence-corrected chi connectivity index (χ3v) is 3.89. The fourth-order valence-electron chi connectivity index (χ4n) is 1.32. The van der Waals surface area contributed by atoms with E-state index in [0.29, 0.717) is 6.54 Å². The molecule has 1 rings (SSSR count). The normalized spacial score (nSPS) is 11.6. The third-order valence-electron chi connectivity index (χ3n) is 2.15. The summed E-state index contributed by atoms with van der Waals surface area (Å²) in [6.45, 7) is 3.12. The van der Waals surface area contributed by atoms with Crippen LogP contribution in [0.15, 0.2) is 29.2 Å². The van der Waals surface area contributed by atoms with Crippen LogP contribution in [0.3, 0.4) is 0 Å². The Kier molecular flexibility index (Phi) is 4.89. The molecule has 3 nitrogen and oxygen atoms in total. The Morgan fingerprint density at radius 2 is 1.94 bits per heavy atom. The first-order chi connectivity index (χ1) is 7.58. The van der Waals surface area contributed by atoms with Crippen molar-refractivity contribution in [2.24, 2.45) is 0 Å². The summed E-state index contributed by atoms with van der Waals surface area (Å²) in [5.41, 5.74) is 0. The lowest BCUT2D eigenvalue weighted by Crippen LogP contribution is -2.24. The molecule has 90 valence electrons. The average Bonchev–Trinajstić information content (AvgIpc) is 2.25. The molecule has 0 aliphatic carbocycles. The minimum absolute atomic E-state index is 0.0755. The second-order valence-electron chi connectivity index (χ2n) is 3.50. The number of hydrogen-bond acceptors (Lipinski definition) is 3. The topological polar surface area (TPSA) is 46.2 Å². The fourth-order valence-corrected chi connectivity index (χ4v) is 2.60. The number of nitrogens with one attached hydrogen (secondary N) is 1. The lowest BCUT2D eigenvalue weighted by atomic mass is 10.3. The second kappa shape index (κ2) is 5.96. The first kappa shape index (κ1) is 13.1. The molecule has 1 aromatic rings. The third kappa shape index (κ3) is 3.57. The molecule has 0 unspecified atom stereocenters. The zero-order chi connectivity index (χ0) is 12.0. The molecule has 0 saturated carbocycles. The SMILES string of the molecule is CCCNCCS(=O)(=O)c1ccccc1F. The van der Waals surface area contributed by atoms with Gasteiger partial charge in [-0.05, 0) is 25.1 Å². The highest BCUT2D eigenvalue weighted by Crippen LogP contribution is 2.14. The standard InChI is InChI=1S/C11H16FNO2S/c1-2-7-13-8-9-16(14,15)11-6-4-3-5-10(11)12/h3-6,13H,2,7-9H2,1H3. The molecule has 0 saturated heterocycles. The van der Waals surface area contributed by atoms with Gasteiger partial charge in [-0.1, -0.05) is 19.1 Å². The first-order valence-electron chi connectivity index (χ1n) is 5.26. The number of halogens is 1. The number of sulfone groups is 1. The Balaban J connectivity index is 2.68. The predicted molar refractivity (Wildman–Crippen MR) is 61.6 cm³/mol. The molecule has 0 spiro atoms. The average molecular weight is 245 g/mol. The highest BCUT2D eigenvalue weighted by Gasteiger charge is 2.17. The van der Waals surface area contributed by atoms with Crippen molar-refractivity contribution in [3.05, 3.63) is 30.1 Å². The van der Waals surface area contributed by atoms with Crippen molar-refractivity contribution < 1.29 is 12.8 Å². The van der Waals surface area contributed by atoms with Gasteiger partial charge < -0.3 is 5.32 Å². The predicted octanol–water partition coefficient (Wildman–Crippen LogP) is 1.60. The summed E-state index contributed by atoms with van der Waals surface area (Å²) in [6.07, 6.45) is 0.944. The summed E-state index contributed by atoms with van der Waals surface area (Å²) >= 11 is 0. The molecule has 16 heavy (non-hydrogen) atoms. The lowest BCUT2D eigenvalue weighted by molar-refractivity contribution is 0.564. The molecule has 0 heterocycles. The van der Waals surface area contributed by atoms with Gasteiger partial charge in [-0.2, -0.15) is 0 Å². The van der Waals surface area contributed by atoms with E-state index >= 15 is 0 Å². The van der Waals surface area contributed by atoms with Gasteiger partial charge in [-0.3, -0.25) is 0 Å². The van der Waals surface area contributed by atoms with Crippen molar-refractivity contribution in [3.63, 3.8) is 0 Å². The molecule has 0 aliphatic heterocycles. The summed E-state index contributed by atoms with van der Waals surface area (Å²) in [5.74, 6) is -0.758. The van der Waals surface area contributed by atoms with Gasteiger partial charge in [-0.15, -0.1) is 0 Å². The van der Waals surface area contributed by atoms with Crippen LogP contribution in [-0.4, -0.2) is 27.3 Å². The van der Waals surface area contributed by atoms with E-state index in [1.54, 1.807) is 0 Å². The van der Waals surface area contributed by atoms with Gasteiger partial charge in [0, 0.05) is 6.54 Å². The van der Waals surface area contributed by atoms with Crippen molar-refractivity contribution >= 4 is 9.84 Å². The summed E-state index contributed by atoms with van der Waals surface area (Å²) in [6, 6.07) is 5.45. The Morgan fingerprint density at radius 1 is 1.25 bits per heavy atom. The molecule has 0 amide bonds. The first-order valence-corrected chi connectivity index (χ1v) is 6.91. The van der Waals surface area contributed by atoms with Gasteiger partial charge in [0.1, 0.15) is 10.7 Å². The Morgan fingerprint density at radius 3 is 2.56 bits per heavy atom. The number of rotatable bonds is 6. The second-order valence-corrected chi connectivity index (χ2v) is 5.58. The van der Waals surface area contributed by atoms with E-state index < -0.39 is 15.7 Å². The van der Waals surface area contributed by atoms with Gasteiger partial charge in [0.25, 0.3) is 0 Å². The van der Waals surface area contributed by atoms with Crippen LogP contribution in [0.1, 0.15) is 13.3 Å². The summed E-state index contributed by atoms with van der Waals surface area (Å²) in [7, 11) is -3.51. The maximum absolute atomic E-state index is 13.3. The van der Waals surface area contributed by atoms with Crippen LogP contribution >= 0.6 is 0 Å². The maximum Gasteiger partial charge on any atom is 0.182 e. The number of hydrogen-bond donors (Lipinski definition) is 1. The van der Waals surface area contributed by atoms with Crippen molar-refractivity contribution in [2.75, 3.05) is 18.8 Å². The fraction of sp³-hybridized carbons (Fsp3) is 0.455. The van der Waals surface area contributed by atoms with E-state index in [1.807, 2.05) is 6.92 Å². The van der Waals surface area contributed by atoms with E-state index in [0.717, 1.165) is 19.0 Å². The Labute approximate surface area is 95.6 Å². The van der Waals surface area contributed by atoms with Gasteiger partial charge in [0.2, 0.25) is 0 Å². The van der Waals surface area contributed by atoms with E-state index in [4.69, 9.17) is 0 Å². The Hall–Kier alpha value is -0.940. The van der Waals surface area contributed by atoms with Gasteiger partial charge >= 0.3 is 0 Å². The molecule has 0 aliphatic rings. The van der Waals surface area contributed by atoms with Crippen molar-refractivity contribution in [1.82, 2.24) is 5.32 Å². The maximum atomic E-state index is 13.3. The smallest absolute Gasteiger partial charge is 0.182 e. The zero-order valence-electron chi connectivity index (χ0n) is 9.24. The van der Waals surface area contributed by atoms with Gasteiger partial charge in [0.15, 0.2) is 9.84 Å². The van der Waals surface area contributed by atoms with E-state index in [9.17, 15) is 12.8 Å². The quantitative estimate of drug-likeness (QED) is 0.774. The highest BCUT2D eigenvalue weighted by atomic mass is 32.2. The molecule has 0 atom stereocenters. The largest absolute Gasteiger partial charge is 0.316 e. The van der Waals surface area contributed by atoms with Crippen LogP contribution in [-0.2, 0) is 9.84 Å². The molecule has 1 N–H and O–H groups in total. The minimum atomic E-state index is -3.51. The zero-order valence-corrected chi connectivity index (χ0v) is 10.1. The monoisotopic (exact) mass is 245 g/mol. The molecular weight excluding hydrogens is 229 g/mol. The molecule has 0 aromatic heterocycles. The summed E-state index contributed by atoms with van der Waals surface area (Å²) in [4.78, 5) is -0.215. The van der Waals surface area contributed by atoms with Crippen LogP contribution in [0, 0.1) is 5.82 Å². The number of benzene rings is 1. The van der Waals surface area contributed by atoms with Crippen molar-refractivity contribution in [2.45, 2.75) is 18.2 Å². The molecule has 1 aromatic carbocycles. The summed E-state index contributed by atoms with van der Waals surface area (Å²) < 4.78 is 36.7. The van der Waals surface area contributed by atoms with E-state index in [-0.39, 0.29) is 10.6 Å². The van der Waals surface area contributed by atoms with Crippen LogP contribution in [0.4, 0.5) is 4.39 Å². The van der Waals surface area contributed by atoms with Gasteiger partial charge in [-0.25, -0.2) is 12.8 Å². The van der Waals surface area contributed by atoms with Crippen LogP contribution < -0.4 is 5.32 Å². The van der Waals surface area contributed by atoms with Crippen molar-refractivity contribution in [1.29, 1.82) is 0 Å². The molecule has 0 radical (unpaired) electrons. The molecule has 5 heteroatoms.